The number of fused-ring (bicyclic) bond motifs is 2. The standard InChI is InChI=1S/C24H21F2N3.2ClH/c1-14-6-23-24(29-13-28-23)11-19(14)17-9-21(25)20(22(26)10-17)12-27-18-7-15-4-2-3-5-16(15)8-18;;/h2-6,9-11,13,18,27H,7-8,12H2,1H3,(H,28,29);2*1H. The summed E-state index contributed by atoms with van der Waals surface area (Å²) >= 11 is 0. The zero-order valence-corrected chi connectivity index (χ0v) is 18.5. The Morgan fingerprint density at radius 3 is 2.29 bits per heavy atom. The molecule has 5 rings (SSSR count). The van der Waals surface area contributed by atoms with E-state index < -0.39 is 11.6 Å². The number of hydrogen-bond donors (Lipinski definition) is 2. The van der Waals surface area contributed by atoms with Crippen LogP contribution in [-0.4, -0.2) is 16.0 Å². The summed E-state index contributed by atoms with van der Waals surface area (Å²) in [4.78, 5) is 7.30. The number of aromatic nitrogens is 2. The minimum atomic E-state index is -0.524. The molecular formula is C24H23Cl2F2N3. The smallest absolute Gasteiger partial charge is 0.131 e. The number of nitrogens with zero attached hydrogens (tertiary/aromatic N) is 1. The molecule has 0 unspecified atom stereocenters. The number of benzene rings is 3. The van der Waals surface area contributed by atoms with Crippen molar-refractivity contribution in [1.82, 2.24) is 15.3 Å². The van der Waals surface area contributed by atoms with Crippen LogP contribution in [0.1, 0.15) is 22.3 Å². The van der Waals surface area contributed by atoms with Gasteiger partial charge in [-0.15, -0.1) is 24.8 Å². The summed E-state index contributed by atoms with van der Waals surface area (Å²) in [6.45, 7) is 2.10. The summed E-state index contributed by atoms with van der Waals surface area (Å²) in [6.07, 6.45) is 3.39. The van der Waals surface area contributed by atoms with Gasteiger partial charge in [-0.1, -0.05) is 24.3 Å². The van der Waals surface area contributed by atoms with Gasteiger partial charge in [0.15, 0.2) is 0 Å². The topological polar surface area (TPSA) is 40.7 Å². The lowest BCUT2D eigenvalue weighted by atomic mass is 9.98. The van der Waals surface area contributed by atoms with E-state index in [2.05, 4.69) is 27.4 Å². The monoisotopic (exact) mass is 461 g/mol. The van der Waals surface area contributed by atoms with Crippen LogP contribution in [0, 0.1) is 18.6 Å². The van der Waals surface area contributed by atoms with E-state index in [4.69, 9.17) is 0 Å². The molecule has 1 heterocycles. The molecule has 0 fully saturated rings. The molecule has 3 aromatic carbocycles. The molecule has 0 amide bonds. The van der Waals surface area contributed by atoms with Gasteiger partial charge in [0, 0.05) is 18.2 Å². The van der Waals surface area contributed by atoms with E-state index in [0.29, 0.717) is 5.56 Å². The van der Waals surface area contributed by atoms with Gasteiger partial charge >= 0.3 is 0 Å². The maximum absolute atomic E-state index is 14.8. The number of rotatable bonds is 4. The molecule has 4 aromatic rings. The molecule has 0 spiro atoms. The van der Waals surface area contributed by atoms with Crippen LogP contribution in [0.5, 0.6) is 0 Å². The first-order valence-corrected chi connectivity index (χ1v) is 9.80. The molecule has 1 aromatic heterocycles. The highest BCUT2D eigenvalue weighted by molar-refractivity contribution is 5.86. The normalized spacial score (nSPS) is 13.0. The third-order valence-electron chi connectivity index (χ3n) is 5.84. The van der Waals surface area contributed by atoms with Crippen LogP contribution >= 0.6 is 24.8 Å². The molecule has 0 radical (unpaired) electrons. The summed E-state index contributed by atoms with van der Waals surface area (Å²) in [5.74, 6) is -1.05. The number of hydrogen-bond acceptors (Lipinski definition) is 2. The minimum absolute atomic E-state index is 0. The zero-order valence-electron chi connectivity index (χ0n) is 16.9. The number of halogens is 4. The molecule has 1 aliphatic carbocycles. The van der Waals surface area contributed by atoms with Gasteiger partial charge in [-0.2, -0.15) is 0 Å². The van der Waals surface area contributed by atoms with E-state index in [0.717, 1.165) is 35.0 Å². The Bertz CT molecular complexity index is 1170. The Labute approximate surface area is 192 Å². The van der Waals surface area contributed by atoms with Crippen LogP contribution in [0.15, 0.2) is 54.9 Å². The Hall–Kier alpha value is -2.47. The molecule has 162 valence electrons. The molecule has 0 aliphatic heterocycles. The van der Waals surface area contributed by atoms with Gasteiger partial charge in [0.2, 0.25) is 0 Å². The van der Waals surface area contributed by atoms with Gasteiger partial charge in [-0.25, -0.2) is 13.8 Å². The Morgan fingerprint density at radius 2 is 1.65 bits per heavy atom. The summed E-state index contributed by atoms with van der Waals surface area (Å²) in [5.41, 5.74) is 6.64. The third-order valence-corrected chi connectivity index (χ3v) is 5.84. The lowest BCUT2D eigenvalue weighted by Crippen LogP contribution is -2.29. The first kappa shape index (κ1) is 23.2. The minimum Gasteiger partial charge on any atom is -0.345 e. The number of H-pyrrole nitrogens is 1. The van der Waals surface area contributed by atoms with E-state index in [1.54, 1.807) is 6.33 Å². The van der Waals surface area contributed by atoms with Crippen molar-refractivity contribution >= 4 is 35.8 Å². The van der Waals surface area contributed by atoms with Crippen molar-refractivity contribution < 1.29 is 8.78 Å². The zero-order chi connectivity index (χ0) is 20.0. The molecule has 0 saturated carbocycles. The van der Waals surface area contributed by atoms with Gasteiger partial charge in [-0.05, 0) is 71.8 Å². The third kappa shape index (κ3) is 4.45. The molecule has 1 aliphatic rings. The highest BCUT2D eigenvalue weighted by Gasteiger charge is 2.22. The van der Waals surface area contributed by atoms with E-state index in [1.165, 1.54) is 23.3 Å². The average molecular weight is 462 g/mol. The molecule has 0 saturated heterocycles. The van der Waals surface area contributed by atoms with Crippen molar-refractivity contribution in [2.24, 2.45) is 0 Å². The van der Waals surface area contributed by atoms with Gasteiger partial charge in [0.05, 0.1) is 17.4 Å². The second kappa shape index (κ2) is 9.35. The Balaban J connectivity index is 0.00000136. The summed E-state index contributed by atoms with van der Waals surface area (Å²) in [5, 5.41) is 3.32. The lowest BCUT2D eigenvalue weighted by molar-refractivity contribution is 0.492. The van der Waals surface area contributed by atoms with Crippen LogP contribution in [0.2, 0.25) is 0 Å². The molecule has 0 atom stereocenters. The van der Waals surface area contributed by atoms with E-state index in [9.17, 15) is 8.78 Å². The molecule has 2 N–H and O–H groups in total. The van der Waals surface area contributed by atoms with Crippen molar-refractivity contribution in [3.63, 3.8) is 0 Å². The lowest BCUT2D eigenvalue weighted by Gasteiger charge is -2.14. The summed E-state index contributed by atoms with van der Waals surface area (Å²) < 4.78 is 29.6. The molecule has 7 heteroatoms. The van der Waals surface area contributed by atoms with Crippen molar-refractivity contribution in [2.45, 2.75) is 32.4 Å². The van der Waals surface area contributed by atoms with E-state index in [-0.39, 0.29) is 43.0 Å². The SMILES string of the molecule is Cc1cc2[nH]cnc2cc1-c1cc(F)c(CNC2Cc3ccccc3C2)c(F)c1.Cl.Cl. The fourth-order valence-corrected chi connectivity index (χ4v) is 4.28. The Kier molecular flexibility index (Phi) is 6.99. The fraction of sp³-hybridized carbons (Fsp3) is 0.208. The fourth-order valence-electron chi connectivity index (χ4n) is 4.28. The number of nitrogens with one attached hydrogen (secondary N) is 2. The number of aryl methyl sites for hydroxylation is 1. The van der Waals surface area contributed by atoms with Gasteiger partial charge in [0.25, 0.3) is 0 Å². The van der Waals surface area contributed by atoms with Crippen molar-refractivity contribution in [3.8, 4) is 11.1 Å². The first-order valence-electron chi connectivity index (χ1n) is 9.80. The molecule has 31 heavy (non-hydrogen) atoms. The highest BCUT2D eigenvalue weighted by atomic mass is 35.5. The van der Waals surface area contributed by atoms with Crippen molar-refractivity contribution in [1.29, 1.82) is 0 Å². The van der Waals surface area contributed by atoms with Crippen LogP contribution in [0.25, 0.3) is 22.2 Å². The van der Waals surface area contributed by atoms with Gasteiger partial charge in [-0.3, -0.25) is 0 Å². The van der Waals surface area contributed by atoms with Crippen LogP contribution < -0.4 is 5.32 Å². The maximum Gasteiger partial charge on any atom is 0.131 e. The van der Waals surface area contributed by atoms with E-state index >= 15 is 0 Å². The maximum atomic E-state index is 14.8. The number of aromatic amines is 1. The van der Waals surface area contributed by atoms with Crippen LogP contribution in [-0.2, 0) is 19.4 Å². The Morgan fingerprint density at radius 1 is 1.00 bits per heavy atom. The average Bonchev–Trinajstić information content (AvgIpc) is 3.32. The predicted octanol–water partition coefficient (Wildman–Crippen LogP) is 5.92. The summed E-state index contributed by atoms with van der Waals surface area (Å²) in [6, 6.07) is 15.1. The second-order valence-corrected chi connectivity index (χ2v) is 7.76. The van der Waals surface area contributed by atoms with Gasteiger partial charge < -0.3 is 10.3 Å². The predicted molar refractivity (Wildman–Crippen MR) is 125 cm³/mol. The summed E-state index contributed by atoms with van der Waals surface area (Å²) in [7, 11) is 0. The quantitative estimate of drug-likeness (QED) is 0.396. The first-order chi connectivity index (χ1) is 14.1. The van der Waals surface area contributed by atoms with Crippen molar-refractivity contribution in [3.05, 3.63) is 88.7 Å². The van der Waals surface area contributed by atoms with Gasteiger partial charge in [0.1, 0.15) is 11.6 Å². The van der Waals surface area contributed by atoms with E-state index in [1.807, 2.05) is 31.2 Å². The molecule has 3 nitrogen and oxygen atoms in total. The van der Waals surface area contributed by atoms with Crippen LogP contribution in [0.3, 0.4) is 0 Å². The largest absolute Gasteiger partial charge is 0.345 e. The molecular weight excluding hydrogens is 439 g/mol. The second-order valence-electron chi connectivity index (χ2n) is 7.76. The number of imidazole rings is 1. The molecule has 0 bridgehead atoms. The highest BCUT2D eigenvalue weighted by Crippen LogP contribution is 2.30. The van der Waals surface area contributed by atoms with Crippen LogP contribution in [0.4, 0.5) is 8.78 Å². The van der Waals surface area contributed by atoms with Crippen molar-refractivity contribution in [2.75, 3.05) is 0 Å².